The van der Waals surface area contributed by atoms with Crippen molar-refractivity contribution in [2.24, 2.45) is 0 Å². The Labute approximate surface area is 130 Å². The Morgan fingerprint density at radius 3 is 2.77 bits per heavy atom. The van der Waals surface area contributed by atoms with Crippen molar-refractivity contribution in [3.63, 3.8) is 0 Å². The number of carbonyl (C=O) groups excluding carboxylic acids is 1. The van der Waals surface area contributed by atoms with E-state index in [1.165, 1.54) is 0 Å². The van der Waals surface area contributed by atoms with E-state index in [0.717, 1.165) is 23.0 Å². The molecule has 5 nitrogen and oxygen atoms in total. The predicted octanol–water partition coefficient (Wildman–Crippen LogP) is 3.22. The number of aromatic nitrogens is 1. The number of nitrogens with one attached hydrogen (secondary N) is 2. The number of fused-ring (bicyclic) bond motifs is 1. The molecule has 0 spiro atoms. The molecule has 0 aliphatic rings. The third kappa shape index (κ3) is 3.74. The highest BCUT2D eigenvalue weighted by Crippen LogP contribution is 2.22. The van der Waals surface area contributed by atoms with Crippen molar-refractivity contribution >= 4 is 22.6 Å². The van der Waals surface area contributed by atoms with Gasteiger partial charge in [0.25, 0.3) is 0 Å². The number of hydrogen-bond donors (Lipinski definition) is 3. The molecule has 1 heterocycles. The number of carbonyl (C=O) groups is 1. The Hall–Kier alpha value is -2.14. The quantitative estimate of drug-likeness (QED) is 0.794. The van der Waals surface area contributed by atoms with E-state index >= 15 is 0 Å². The van der Waals surface area contributed by atoms with Crippen LogP contribution in [0.1, 0.15) is 32.4 Å². The number of nitrogens with zero attached hydrogens (tertiary/aromatic N) is 1. The van der Waals surface area contributed by atoms with E-state index in [-0.39, 0.29) is 12.6 Å². The van der Waals surface area contributed by atoms with Crippen molar-refractivity contribution in [1.82, 2.24) is 10.3 Å². The van der Waals surface area contributed by atoms with Crippen LogP contribution in [-0.4, -0.2) is 28.3 Å². The summed E-state index contributed by atoms with van der Waals surface area (Å²) in [6, 6.07) is 9.34. The molecule has 118 valence electrons. The molecule has 2 aromatic rings. The number of aliphatic hydroxyl groups excluding tert-OH is 1. The highest BCUT2D eigenvalue weighted by Gasteiger charge is 2.23. The maximum absolute atomic E-state index is 12.3. The first kappa shape index (κ1) is 16.2. The second-order valence-corrected chi connectivity index (χ2v) is 5.80. The molecule has 0 saturated carbocycles. The lowest BCUT2D eigenvalue weighted by Crippen LogP contribution is -2.48. The van der Waals surface area contributed by atoms with Gasteiger partial charge in [-0.2, -0.15) is 0 Å². The summed E-state index contributed by atoms with van der Waals surface area (Å²) in [7, 11) is 0. The summed E-state index contributed by atoms with van der Waals surface area (Å²) < 4.78 is 0. The van der Waals surface area contributed by atoms with Crippen molar-refractivity contribution in [2.45, 2.75) is 39.2 Å². The van der Waals surface area contributed by atoms with Gasteiger partial charge in [-0.25, -0.2) is 4.79 Å². The van der Waals surface area contributed by atoms with Crippen molar-refractivity contribution in [2.75, 3.05) is 11.9 Å². The van der Waals surface area contributed by atoms with Crippen molar-refractivity contribution < 1.29 is 9.90 Å². The second-order valence-electron chi connectivity index (χ2n) is 5.80. The van der Waals surface area contributed by atoms with Gasteiger partial charge in [-0.1, -0.05) is 25.1 Å². The predicted molar refractivity (Wildman–Crippen MR) is 89.0 cm³/mol. The zero-order valence-corrected chi connectivity index (χ0v) is 13.3. The summed E-state index contributed by atoms with van der Waals surface area (Å²) in [5.74, 6) is 0. The molecule has 0 radical (unpaired) electrons. The molecule has 0 aliphatic carbocycles. The molecule has 0 fully saturated rings. The Bertz CT molecular complexity index is 672. The van der Waals surface area contributed by atoms with Gasteiger partial charge in [-0.15, -0.1) is 0 Å². The Kier molecular flexibility index (Phi) is 4.98. The number of urea groups is 1. The first-order chi connectivity index (χ1) is 10.5. The van der Waals surface area contributed by atoms with Crippen LogP contribution in [0.25, 0.3) is 10.9 Å². The molecule has 1 aromatic heterocycles. The lowest BCUT2D eigenvalue weighted by Gasteiger charge is -2.29. The van der Waals surface area contributed by atoms with Crippen LogP contribution in [0, 0.1) is 6.92 Å². The number of amides is 2. The zero-order valence-electron chi connectivity index (χ0n) is 13.3. The van der Waals surface area contributed by atoms with Crippen molar-refractivity contribution in [3.05, 3.63) is 36.0 Å². The van der Waals surface area contributed by atoms with Crippen molar-refractivity contribution in [1.29, 1.82) is 0 Å². The van der Waals surface area contributed by atoms with E-state index in [0.29, 0.717) is 12.1 Å². The minimum atomic E-state index is -0.424. The molecule has 2 rings (SSSR count). The van der Waals surface area contributed by atoms with E-state index in [1.54, 1.807) is 0 Å². The Morgan fingerprint density at radius 2 is 2.09 bits per heavy atom. The highest BCUT2D eigenvalue weighted by molar-refractivity contribution is 5.99. The van der Waals surface area contributed by atoms with Gasteiger partial charge in [0.2, 0.25) is 0 Å². The fraction of sp³-hybridized carbons (Fsp3) is 0.412. The van der Waals surface area contributed by atoms with Gasteiger partial charge >= 0.3 is 6.03 Å². The average molecular weight is 301 g/mol. The molecule has 0 saturated heterocycles. The van der Waals surface area contributed by atoms with E-state index in [9.17, 15) is 4.79 Å². The normalized spacial score (nSPS) is 13.6. The van der Waals surface area contributed by atoms with Gasteiger partial charge in [0.15, 0.2) is 0 Å². The average Bonchev–Trinajstić information content (AvgIpc) is 2.48. The number of aliphatic hydroxyl groups is 1. The molecule has 3 N–H and O–H groups in total. The van der Waals surface area contributed by atoms with Crippen molar-refractivity contribution in [3.8, 4) is 0 Å². The van der Waals surface area contributed by atoms with Crippen LogP contribution in [-0.2, 0) is 0 Å². The fourth-order valence-corrected chi connectivity index (χ4v) is 2.35. The van der Waals surface area contributed by atoms with Gasteiger partial charge < -0.3 is 15.7 Å². The number of aryl methyl sites for hydroxylation is 1. The van der Waals surface area contributed by atoms with Gasteiger partial charge in [0, 0.05) is 23.2 Å². The summed E-state index contributed by atoms with van der Waals surface area (Å²) in [4.78, 5) is 16.8. The van der Waals surface area contributed by atoms with E-state index in [4.69, 9.17) is 5.11 Å². The zero-order chi connectivity index (χ0) is 16.2. The molecule has 22 heavy (non-hydrogen) atoms. The second kappa shape index (κ2) is 6.75. The molecule has 2 amide bonds. The number of pyridine rings is 1. The minimum Gasteiger partial charge on any atom is -0.396 e. The first-order valence-electron chi connectivity index (χ1n) is 7.54. The summed E-state index contributed by atoms with van der Waals surface area (Å²) in [6.07, 6.45) is 1.26. The van der Waals surface area contributed by atoms with Crippen LogP contribution in [0.15, 0.2) is 30.3 Å². The number of para-hydroxylation sites is 1. The lowest BCUT2D eigenvalue weighted by atomic mass is 9.95. The third-order valence-electron chi connectivity index (χ3n) is 3.97. The standard InChI is InChI=1S/C17H23N3O2/c1-4-17(3,10-11-21)20-16(22)19-14-7-5-6-13-9-8-12(2)18-15(13)14/h5-9,21H,4,10-11H2,1-3H3,(H2,19,20,22). The van der Waals surface area contributed by atoms with Crippen LogP contribution in [0.3, 0.4) is 0 Å². The first-order valence-corrected chi connectivity index (χ1v) is 7.54. The summed E-state index contributed by atoms with van der Waals surface area (Å²) >= 11 is 0. The molecule has 0 aliphatic heterocycles. The van der Waals surface area contributed by atoms with Gasteiger partial charge in [-0.05, 0) is 38.8 Å². The molecular formula is C17H23N3O2. The maximum atomic E-state index is 12.3. The SMILES string of the molecule is CCC(C)(CCO)NC(=O)Nc1cccc2ccc(C)nc12. The van der Waals surface area contributed by atoms with E-state index in [2.05, 4.69) is 15.6 Å². The highest BCUT2D eigenvalue weighted by atomic mass is 16.3. The van der Waals surface area contributed by atoms with E-state index < -0.39 is 5.54 Å². The molecule has 5 heteroatoms. The summed E-state index contributed by atoms with van der Waals surface area (Å²) in [6.45, 7) is 5.87. The number of anilines is 1. The number of rotatable bonds is 5. The molecular weight excluding hydrogens is 278 g/mol. The Morgan fingerprint density at radius 1 is 1.32 bits per heavy atom. The minimum absolute atomic E-state index is 0.0413. The number of hydrogen-bond acceptors (Lipinski definition) is 3. The van der Waals surface area contributed by atoms with Crippen LogP contribution in [0.5, 0.6) is 0 Å². The van der Waals surface area contributed by atoms with Gasteiger partial charge in [-0.3, -0.25) is 4.98 Å². The van der Waals surface area contributed by atoms with Crippen LogP contribution < -0.4 is 10.6 Å². The smallest absolute Gasteiger partial charge is 0.319 e. The van der Waals surface area contributed by atoms with Crippen LogP contribution in [0.4, 0.5) is 10.5 Å². The molecule has 0 bridgehead atoms. The molecule has 1 aromatic carbocycles. The maximum Gasteiger partial charge on any atom is 0.319 e. The topological polar surface area (TPSA) is 74.2 Å². The lowest BCUT2D eigenvalue weighted by molar-refractivity contribution is 0.208. The third-order valence-corrected chi connectivity index (χ3v) is 3.97. The summed E-state index contributed by atoms with van der Waals surface area (Å²) in [5.41, 5.74) is 1.94. The fourth-order valence-electron chi connectivity index (χ4n) is 2.35. The molecule has 1 unspecified atom stereocenters. The molecule has 1 atom stereocenters. The van der Waals surface area contributed by atoms with Gasteiger partial charge in [0.1, 0.15) is 0 Å². The van der Waals surface area contributed by atoms with Gasteiger partial charge in [0.05, 0.1) is 11.2 Å². The monoisotopic (exact) mass is 301 g/mol. The Balaban J connectivity index is 2.20. The number of benzene rings is 1. The van der Waals surface area contributed by atoms with E-state index in [1.807, 2.05) is 51.1 Å². The largest absolute Gasteiger partial charge is 0.396 e. The summed E-state index contributed by atoms with van der Waals surface area (Å²) in [5, 5.41) is 15.9. The van der Waals surface area contributed by atoms with Crippen LogP contribution >= 0.6 is 0 Å². The van der Waals surface area contributed by atoms with Crippen LogP contribution in [0.2, 0.25) is 0 Å².